The monoisotopic (exact) mass is 312 g/mol. The first kappa shape index (κ1) is 14.8. The van der Waals surface area contributed by atoms with Crippen molar-refractivity contribution in [2.75, 3.05) is 13.2 Å². The molecule has 0 N–H and O–H groups in total. The van der Waals surface area contributed by atoms with Gasteiger partial charge in [0.2, 0.25) is 0 Å². The van der Waals surface area contributed by atoms with E-state index in [1.165, 1.54) is 0 Å². The Kier molecular flexibility index (Phi) is 5.92. The van der Waals surface area contributed by atoms with Gasteiger partial charge >= 0.3 is 0 Å². The highest BCUT2D eigenvalue weighted by molar-refractivity contribution is 9.10. The molecule has 3 nitrogen and oxygen atoms in total. The summed E-state index contributed by atoms with van der Waals surface area (Å²) in [6.07, 6.45) is 1.57. The second kappa shape index (κ2) is 7.21. The van der Waals surface area contributed by atoms with Crippen molar-refractivity contribution in [3.05, 3.63) is 34.3 Å². The Morgan fingerprint density at radius 3 is 2.72 bits per heavy atom. The molecule has 0 aliphatic carbocycles. The number of hydrogen-bond acceptors (Lipinski definition) is 3. The molecular formula is C14H17BrO3. The lowest BCUT2D eigenvalue weighted by atomic mass is 10.2. The van der Waals surface area contributed by atoms with Gasteiger partial charge in [0.15, 0.2) is 11.5 Å². The molecule has 0 unspecified atom stereocenters. The van der Waals surface area contributed by atoms with E-state index in [-0.39, 0.29) is 0 Å². The van der Waals surface area contributed by atoms with Crippen LogP contribution < -0.4 is 9.47 Å². The molecule has 0 fully saturated rings. The SMILES string of the molecule is C=C(C)CCOc1c(Br)cc(C=O)cc1OCC. The minimum Gasteiger partial charge on any atom is -0.490 e. The van der Waals surface area contributed by atoms with Crippen LogP contribution in [0.2, 0.25) is 0 Å². The van der Waals surface area contributed by atoms with E-state index in [4.69, 9.17) is 9.47 Å². The predicted octanol–water partition coefficient (Wildman–Crippen LogP) is 4.01. The maximum Gasteiger partial charge on any atom is 0.175 e. The average molecular weight is 313 g/mol. The smallest absolute Gasteiger partial charge is 0.175 e. The van der Waals surface area contributed by atoms with Crippen molar-refractivity contribution in [1.82, 2.24) is 0 Å². The first-order chi connectivity index (χ1) is 8.58. The van der Waals surface area contributed by atoms with Crippen molar-refractivity contribution in [3.8, 4) is 11.5 Å². The van der Waals surface area contributed by atoms with E-state index in [1.54, 1.807) is 12.1 Å². The van der Waals surface area contributed by atoms with E-state index in [2.05, 4.69) is 22.5 Å². The molecule has 0 saturated carbocycles. The van der Waals surface area contributed by atoms with Crippen molar-refractivity contribution in [1.29, 1.82) is 0 Å². The summed E-state index contributed by atoms with van der Waals surface area (Å²) in [4.78, 5) is 10.8. The molecule has 0 amide bonds. The molecule has 98 valence electrons. The molecule has 0 aromatic heterocycles. The minimum absolute atomic E-state index is 0.519. The van der Waals surface area contributed by atoms with E-state index in [0.29, 0.717) is 30.3 Å². The van der Waals surface area contributed by atoms with Crippen LogP contribution in [0.3, 0.4) is 0 Å². The van der Waals surface area contributed by atoms with Crippen molar-refractivity contribution >= 4 is 22.2 Å². The average Bonchev–Trinajstić information content (AvgIpc) is 2.32. The third kappa shape index (κ3) is 4.18. The Hall–Kier alpha value is -1.29. The summed E-state index contributed by atoms with van der Waals surface area (Å²) in [5.74, 6) is 1.21. The van der Waals surface area contributed by atoms with Crippen LogP contribution in [0.15, 0.2) is 28.8 Å². The van der Waals surface area contributed by atoms with Crippen LogP contribution in [-0.4, -0.2) is 19.5 Å². The first-order valence-electron chi connectivity index (χ1n) is 5.77. The van der Waals surface area contributed by atoms with Crippen molar-refractivity contribution < 1.29 is 14.3 Å². The Bertz CT molecular complexity index is 441. The topological polar surface area (TPSA) is 35.5 Å². The van der Waals surface area contributed by atoms with Crippen molar-refractivity contribution in [2.24, 2.45) is 0 Å². The third-order valence-electron chi connectivity index (χ3n) is 2.24. The van der Waals surface area contributed by atoms with E-state index in [9.17, 15) is 4.79 Å². The summed E-state index contributed by atoms with van der Waals surface area (Å²) in [5.41, 5.74) is 1.62. The number of halogens is 1. The molecule has 18 heavy (non-hydrogen) atoms. The first-order valence-corrected chi connectivity index (χ1v) is 6.56. The van der Waals surface area contributed by atoms with Crippen LogP contribution in [0.5, 0.6) is 11.5 Å². The summed E-state index contributed by atoms with van der Waals surface area (Å²) in [6.45, 7) is 8.72. The fourth-order valence-corrected chi connectivity index (χ4v) is 1.96. The maximum atomic E-state index is 10.8. The number of hydrogen-bond donors (Lipinski definition) is 0. The van der Waals surface area contributed by atoms with Gasteiger partial charge in [0.05, 0.1) is 17.7 Å². The third-order valence-corrected chi connectivity index (χ3v) is 2.83. The molecule has 0 radical (unpaired) electrons. The molecule has 0 atom stereocenters. The lowest BCUT2D eigenvalue weighted by molar-refractivity contribution is 0.112. The quantitative estimate of drug-likeness (QED) is 0.564. The summed E-state index contributed by atoms with van der Waals surface area (Å²) >= 11 is 3.39. The van der Waals surface area contributed by atoms with Crippen LogP contribution >= 0.6 is 15.9 Å². The minimum atomic E-state index is 0.519. The van der Waals surface area contributed by atoms with Gasteiger partial charge in [-0.05, 0) is 41.9 Å². The Morgan fingerprint density at radius 2 is 2.17 bits per heavy atom. The molecule has 0 aliphatic heterocycles. The molecule has 0 saturated heterocycles. The summed E-state index contributed by atoms with van der Waals surface area (Å²) < 4.78 is 11.9. The number of rotatable bonds is 7. The van der Waals surface area contributed by atoms with E-state index >= 15 is 0 Å². The molecule has 1 rings (SSSR count). The zero-order chi connectivity index (χ0) is 13.5. The highest BCUT2D eigenvalue weighted by Gasteiger charge is 2.12. The van der Waals surface area contributed by atoms with E-state index in [0.717, 1.165) is 22.8 Å². The van der Waals surface area contributed by atoms with Gasteiger partial charge < -0.3 is 9.47 Å². The van der Waals surface area contributed by atoms with Gasteiger partial charge in [0.1, 0.15) is 6.29 Å². The number of carbonyl (C=O) groups is 1. The molecule has 1 aromatic carbocycles. The van der Waals surface area contributed by atoms with Crippen molar-refractivity contribution in [2.45, 2.75) is 20.3 Å². The number of ether oxygens (including phenoxy) is 2. The lowest BCUT2D eigenvalue weighted by Gasteiger charge is -2.14. The van der Waals surface area contributed by atoms with Crippen LogP contribution in [0.4, 0.5) is 0 Å². The maximum absolute atomic E-state index is 10.8. The zero-order valence-electron chi connectivity index (χ0n) is 10.7. The highest BCUT2D eigenvalue weighted by Crippen LogP contribution is 2.36. The Balaban J connectivity index is 2.92. The van der Waals surface area contributed by atoms with Gasteiger partial charge in [-0.2, -0.15) is 0 Å². The molecule has 0 aliphatic rings. The van der Waals surface area contributed by atoms with E-state index in [1.807, 2.05) is 13.8 Å². The molecule has 0 heterocycles. The van der Waals surface area contributed by atoms with Crippen LogP contribution in [-0.2, 0) is 0 Å². The number of aldehydes is 1. The van der Waals surface area contributed by atoms with Crippen LogP contribution in [0.25, 0.3) is 0 Å². The highest BCUT2D eigenvalue weighted by atomic mass is 79.9. The number of carbonyl (C=O) groups excluding carboxylic acids is 1. The molecule has 0 spiro atoms. The van der Waals surface area contributed by atoms with Crippen LogP contribution in [0.1, 0.15) is 30.6 Å². The Labute approximate surface area is 116 Å². The van der Waals surface area contributed by atoms with Gasteiger partial charge in [-0.1, -0.05) is 5.57 Å². The summed E-state index contributed by atoms with van der Waals surface area (Å²) in [5, 5.41) is 0. The standard InChI is InChI=1S/C14H17BrO3/c1-4-17-13-8-11(9-16)7-12(15)14(13)18-6-5-10(2)3/h7-9H,2,4-6H2,1,3H3. The zero-order valence-corrected chi connectivity index (χ0v) is 12.2. The number of benzene rings is 1. The molecule has 4 heteroatoms. The summed E-state index contributed by atoms with van der Waals surface area (Å²) in [7, 11) is 0. The van der Waals surface area contributed by atoms with Crippen molar-refractivity contribution in [3.63, 3.8) is 0 Å². The second-order valence-electron chi connectivity index (χ2n) is 3.94. The van der Waals surface area contributed by atoms with Gasteiger partial charge in [-0.15, -0.1) is 6.58 Å². The largest absolute Gasteiger partial charge is 0.490 e. The lowest BCUT2D eigenvalue weighted by Crippen LogP contribution is -2.02. The normalized spacial score (nSPS) is 9.94. The van der Waals surface area contributed by atoms with E-state index < -0.39 is 0 Å². The van der Waals surface area contributed by atoms with Crippen LogP contribution in [0, 0.1) is 0 Å². The fraction of sp³-hybridized carbons (Fsp3) is 0.357. The Morgan fingerprint density at radius 1 is 1.44 bits per heavy atom. The summed E-state index contributed by atoms with van der Waals surface area (Å²) in [6, 6.07) is 3.39. The second-order valence-corrected chi connectivity index (χ2v) is 4.79. The molecule has 1 aromatic rings. The van der Waals surface area contributed by atoms with Gasteiger partial charge in [-0.25, -0.2) is 0 Å². The van der Waals surface area contributed by atoms with Gasteiger partial charge in [0.25, 0.3) is 0 Å². The fourth-order valence-electron chi connectivity index (χ4n) is 1.39. The molecule has 0 bridgehead atoms. The van der Waals surface area contributed by atoms with Gasteiger partial charge in [0, 0.05) is 12.0 Å². The predicted molar refractivity (Wildman–Crippen MR) is 75.6 cm³/mol. The van der Waals surface area contributed by atoms with Gasteiger partial charge in [-0.3, -0.25) is 4.79 Å². The molecular weight excluding hydrogens is 296 g/mol.